The molecule has 0 bridgehead atoms. The Kier molecular flexibility index (Phi) is 6.97. The number of rotatable bonds is 7. The number of pyridine rings is 1. The fraction of sp³-hybridized carbons (Fsp3) is 0.323. The lowest BCUT2D eigenvalue weighted by molar-refractivity contribution is 0.0726. The topological polar surface area (TPSA) is 85.9 Å². The number of nitrogens with zero attached hydrogens (tertiary/aromatic N) is 6. The van der Waals surface area contributed by atoms with Gasteiger partial charge in [0.1, 0.15) is 17.3 Å². The van der Waals surface area contributed by atoms with Crippen LogP contribution < -0.4 is 0 Å². The lowest BCUT2D eigenvalue weighted by Crippen LogP contribution is -2.52. The van der Waals surface area contributed by atoms with Crippen molar-refractivity contribution in [2.45, 2.75) is 56.5 Å². The zero-order chi connectivity index (χ0) is 29.8. The van der Waals surface area contributed by atoms with Crippen LogP contribution >= 0.6 is 0 Å². The number of carbonyl (C=O) groups is 1. The van der Waals surface area contributed by atoms with Crippen LogP contribution in [-0.4, -0.2) is 56.8 Å². The van der Waals surface area contributed by atoms with Crippen LogP contribution in [0.15, 0.2) is 71.7 Å². The molecule has 11 heteroatoms. The summed E-state index contributed by atoms with van der Waals surface area (Å²) in [4.78, 5) is 19.2. The molecule has 1 fully saturated rings. The molecule has 4 aromatic rings. The van der Waals surface area contributed by atoms with Crippen molar-refractivity contribution in [1.82, 2.24) is 28.9 Å². The molecule has 1 unspecified atom stereocenters. The molecule has 1 saturated carbocycles. The number of fused-ring (bicyclic) bond motifs is 2. The van der Waals surface area contributed by atoms with Gasteiger partial charge in [-0.3, -0.25) is 14.5 Å². The average molecular weight is 591 g/mol. The Balaban J connectivity index is 1.46. The van der Waals surface area contributed by atoms with Gasteiger partial charge in [0.25, 0.3) is 0 Å². The van der Waals surface area contributed by atoms with E-state index in [1.165, 1.54) is 30.5 Å². The summed E-state index contributed by atoms with van der Waals surface area (Å²) < 4.78 is 47.5. The molecule has 0 amide bonds. The molecule has 3 aromatic heterocycles. The van der Waals surface area contributed by atoms with E-state index in [9.17, 15) is 17.8 Å². The van der Waals surface area contributed by atoms with Crippen molar-refractivity contribution in [1.29, 1.82) is 0 Å². The molecule has 2 aliphatic carbocycles. The standard InChI is InChI=1S/C31H32F2N6O2S/c1-20(2)39(42(4,41)27-18-35-37(3)19-27)26-8-5-22-13-29-21(17-36-38(29)25-9-6-23(32)7-10-25)15-31(22,16-26)30(40)28-14-24(33)11-12-34-28/h6-7,9-14,17-20,26H,4-5,8,15-16H2,1-3H3/t26-,31-,42?/m0/s1. The van der Waals surface area contributed by atoms with Gasteiger partial charge >= 0.3 is 0 Å². The smallest absolute Gasteiger partial charge is 0.191 e. The second-order valence-electron chi connectivity index (χ2n) is 11.4. The Hall–Kier alpha value is -3.96. The lowest BCUT2D eigenvalue weighted by Gasteiger charge is -2.48. The van der Waals surface area contributed by atoms with E-state index in [1.54, 1.807) is 47.1 Å². The number of allylic oxidation sites excluding steroid dienone is 1. The van der Waals surface area contributed by atoms with E-state index >= 15 is 0 Å². The van der Waals surface area contributed by atoms with Crippen LogP contribution in [0.25, 0.3) is 11.8 Å². The number of benzene rings is 1. The fourth-order valence-electron chi connectivity index (χ4n) is 6.55. The number of hydrogen-bond acceptors (Lipinski definition) is 5. The highest BCUT2D eigenvalue weighted by Gasteiger charge is 2.51. The van der Waals surface area contributed by atoms with Gasteiger partial charge in [-0.2, -0.15) is 10.2 Å². The molecule has 1 aromatic carbocycles. The SMILES string of the molecule is C=S(=O)(c1cnn(C)c1)N(C(C)C)[C@H]1CCC2=Cc3c(cnn3-c3ccc(F)cc3)C[C@]2(C(=O)c2cc(F)ccn2)C1. The molecule has 2 aliphatic rings. The normalized spacial score (nSPS) is 21.5. The van der Waals surface area contributed by atoms with Gasteiger partial charge in [-0.25, -0.2) is 22.0 Å². The summed E-state index contributed by atoms with van der Waals surface area (Å²) in [6.45, 7) is 3.95. The molecular formula is C31H32F2N6O2S. The predicted octanol–water partition coefficient (Wildman–Crippen LogP) is 5.04. The van der Waals surface area contributed by atoms with Gasteiger partial charge < -0.3 is 0 Å². The third kappa shape index (κ3) is 4.70. The monoisotopic (exact) mass is 590 g/mol. The van der Waals surface area contributed by atoms with Crippen molar-refractivity contribution < 1.29 is 17.8 Å². The van der Waals surface area contributed by atoms with Gasteiger partial charge in [0.05, 0.1) is 43.8 Å². The van der Waals surface area contributed by atoms with Gasteiger partial charge in [0.2, 0.25) is 0 Å². The lowest BCUT2D eigenvalue weighted by atomic mass is 9.60. The Bertz CT molecular complexity index is 1810. The molecule has 0 N–H and O–H groups in total. The first-order valence-corrected chi connectivity index (χ1v) is 15.5. The molecule has 42 heavy (non-hydrogen) atoms. The Morgan fingerprint density at radius 2 is 1.90 bits per heavy atom. The summed E-state index contributed by atoms with van der Waals surface area (Å²) in [7, 11) is -1.17. The van der Waals surface area contributed by atoms with E-state index in [-0.39, 0.29) is 29.4 Å². The molecule has 3 atom stereocenters. The van der Waals surface area contributed by atoms with Crippen LogP contribution in [0.2, 0.25) is 0 Å². The fourth-order valence-corrected chi connectivity index (χ4v) is 8.67. The molecule has 3 heterocycles. The zero-order valence-corrected chi connectivity index (χ0v) is 24.5. The highest BCUT2D eigenvalue weighted by atomic mass is 32.2. The number of aryl methyl sites for hydroxylation is 1. The number of Topliss-reactive ketones (excluding diaryl/α,β-unsaturated/α-hetero) is 1. The first-order valence-electron chi connectivity index (χ1n) is 13.8. The molecular weight excluding hydrogens is 558 g/mol. The molecule has 0 radical (unpaired) electrons. The summed E-state index contributed by atoms with van der Waals surface area (Å²) in [5.74, 6) is 3.01. The van der Waals surface area contributed by atoms with Crippen molar-refractivity contribution in [2.24, 2.45) is 12.5 Å². The Morgan fingerprint density at radius 3 is 2.57 bits per heavy atom. The van der Waals surface area contributed by atoms with Crippen molar-refractivity contribution in [3.63, 3.8) is 0 Å². The molecule has 0 spiro atoms. The van der Waals surface area contributed by atoms with E-state index in [0.717, 1.165) is 16.8 Å². The van der Waals surface area contributed by atoms with Crippen molar-refractivity contribution in [3.8, 4) is 5.69 Å². The highest BCUT2D eigenvalue weighted by Crippen LogP contribution is 2.51. The minimum Gasteiger partial charge on any atom is -0.291 e. The van der Waals surface area contributed by atoms with Crippen LogP contribution in [0, 0.1) is 17.0 Å². The van der Waals surface area contributed by atoms with Gasteiger partial charge in [-0.15, -0.1) is 0 Å². The minimum atomic E-state index is -2.94. The van der Waals surface area contributed by atoms with Gasteiger partial charge in [0, 0.05) is 37.6 Å². The third-order valence-corrected chi connectivity index (χ3v) is 10.7. The number of carbonyl (C=O) groups excluding carboxylic acids is 1. The van der Waals surface area contributed by atoms with Crippen LogP contribution in [0.5, 0.6) is 0 Å². The summed E-state index contributed by atoms with van der Waals surface area (Å²) in [5, 5.41) is 8.80. The number of ketones is 1. The molecule has 0 saturated heterocycles. The first-order chi connectivity index (χ1) is 20.0. The van der Waals surface area contributed by atoms with Crippen molar-refractivity contribution >= 4 is 27.4 Å². The third-order valence-electron chi connectivity index (χ3n) is 8.35. The Morgan fingerprint density at radius 1 is 1.14 bits per heavy atom. The van der Waals surface area contributed by atoms with Crippen molar-refractivity contribution in [2.75, 3.05) is 0 Å². The maximum atomic E-state index is 14.4. The van der Waals surface area contributed by atoms with E-state index in [4.69, 9.17) is 0 Å². The Labute approximate surface area is 243 Å². The van der Waals surface area contributed by atoms with Crippen LogP contribution in [0.3, 0.4) is 0 Å². The second kappa shape index (κ2) is 10.4. The molecule has 8 nitrogen and oxygen atoms in total. The predicted molar refractivity (Wildman–Crippen MR) is 158 cm³/mol. The van der Waals surface area contributed by atoms with Crippen molar-refractivity contribution in [3.05, 3.63) is 95.3 Å². The quantitative estimate of drug-likeness (QED) is 0.222. The molecule has 218 valence electrons. The van der Waals surface area contributed by atoms with E-state index in [0.29, 0.717) is 36.3 Å². The molecule has 6 rings (SSSR count). The summed E-state index contributed by atoms with van der Waals surface area (Å²) in [6.07, 6.45) is 10.2. The molecule has 0 aliphatic heterocycles. The number of hydrogen-bond donors (Lipinski definition) is 0. The maximum absolute atomic E-state index is 14.4. The van der Waals surface area contributed by atoms with Gasteiger partial charge in [-0.05, 0) is 87.4 Å². The van der Waals surface area contributed by atoms with E-state index in [2.05, 4.69) is 21.1 Å². The number of aromatic nitrogens is 5. The minimum absolute atomic E-state index is 0.0506. The van der Waals surface area contributed by atoms with Gasteiger partial charge in [-0.1, -0.05) is 5.57 Å². The van der Waals surface area contributed by atoms with E-state index in [1.807, 2.05) is 24.2 Å². The summed E-state index contributed by atoms with van der Waals surface area (Å²) in [6, 6.07) is 8.06. The first kappa shape index (κ1) is 28.2. The largest absolute Gasteiger partial charge is 0.291 e. The van der Waals surface area contributed by atoms with E-state index < -0.39 is 20.9 Å². The van der Waals surface area contributed by atoms with Crippen LogP contribution in [0.4, 0.5) is 8.78 Å². The number of halogens is 2. The maximum Gasteiger partial charge on any atom is 0.191 e. The highest BCUT2D eigenvalue weighted by molar-refractivity contribution is 7.98. The zero-order valence-electron chi connectivity index (χ0n) is 23.7. The van der Waals surface area contributed by atoms with Crippen LogP contribution in [0.1, 0.15) is 54.9 Å². The summed E-state index contributed by atoms with van der Waals surface area (Å²) >= 11 is 0. The average Bonchev–Trinajstić information content (AvgIpc) is 3.57. The van der Waals surface area contributed by atoms with Crippen LogP contribution in [-0.2, 0) is 23.2 Å². The second-order valence-corrected chi connectivity index (χ2v) is 13.6. The van der Waals surface area contributed by atoms with Gasteiger partial charge in [0.15, 0.2) is 5.78 Å². The summed E-state index contributed by atoms with van der Waals surface area (Å²) in [5.41, 5.74) is 2.26.